The SMILES string of the molecule is COC(=O)c1c(C(=O)OC)c(C#N)c(=O)oc2c3ccccc3c(O)c1-2. The Balaban J connectivity index is 2.70. The molecule has 0 saturated carbocycles. The summed E-state index contributed by atoms with van der Waals surface area (Å²) in [5.41, 5.74) is -3.19. The van der Waals surface area contributed by atoms with Crippen molar-refractivity contribution in [1.82, 2.24) is 0 Å². The van der Waals surface area contributed by atoms with Crippen LogP contribution in [0.2, 0.25) is 0 Å². The zero-order chi connectivity index (χ0) is 19.0. The number of esters is 2. The lowest BCUT2D eigenvalue weighted by Gasteiger charge is -2.07. The molecule has 1 heterocycles. The van der Waals surface area contributed by atoms with Crippen LogP contribution in [0.15, 0.2) is 33.5 Å². The van der Waals surface area contributed by atoms with Gasteiger partial charge in [-0.05, 0) is 0 Å². The number of carbonyl (C=O) groups is 2. The predicted octanol–water partition coefficient (Wildman–Crippen LogP) is 2.05. The molecule has 0 spiro atoms. The number of nitriles is 1. The molecule has 0 radical (unpaired) electrons. The van der Waals surface area contributed by atoms with Crippen molar-refractivity contribution in [3.8, 4) is 23.1 Å². The number of hydrogen-bond acceptors (Lipinski definition) is 8. The molecule has 130 valence electrons. The van der Waals surface area contributed by atoms with Crippen LogP contribution in [0.4, 0.5) is 0 Å². The summed E-state index contributed by atoms with van der Waals surface area (Å²) in [6.07, 6.45) is 0. The lowest BCUT2D eigenvalue weighted by molar-refractivity contribution is 0.0555. The molecule has 3 rings (SSSR count). The monoisotopic (exact) mass is 353 g/mol. The van der Waals surface area contributed by atoms with Crippen LogP contribution in [0.3, 0.4) is 0 Å². The minimum Gasteiger partial charge on any atom is -0.507 e. The number of benzene rings is 1. The molecule has 0 bridgehead atoms. The fourth-order valence-electron chi connectivity index (χ4n) is 2.81. The Labute approximate surface area is 146 Å². The van der Waals surface area contributed by atoms with E-state index in [1.165, 1.54) is 0 Å². The maximum Gasteiger partial charge on any atom is 0.355 e. The van der Waals surface area contributed by atoms with Crippen LogP contribution < -0.4 is 5.63 Å². The number of hydrogen-bond donors (Lipinski definition) is 1. The van der Waals surface area contributed by atoms with E-state index in [-0.39, 0.29) is 17.1 Å². The van der Waals surface area contributed by atoms with E-state index in [9.17, 15) is 24.8 Å². The molecule has 1 N–H and O–H groups in total. The van der Waals surface area contributed by atoms with Crippen LogP contribution >= 0.6 is 0 Å². The smallest absolute Gasteiger partial charge is 0.355 e. The van der Waals surface area contributed by atoms with Gasteiger partial charge in [-0.1, -0.05) is 24.3 Å². The third kappa shape index (κ3) is 2.26. The van der Waals surface area contributed by atoms with E-state index in [4.69, 9.17) is 9.15 Å². The van der Waals surface area contributed by atoms with Gasteiger partial charge in [0.25, 0.3) is 0 Å². The molecule has 1 aliphatic heterocycles. The van der Waals surface area contributed by atoms with E-state index in [2.05, 4.69) is 4.74 Å². The van der Waals surface area contributed by atoms with E-state index in [0.29, 0.717) is 10.8 Å². The van der Waals surface area contributed by atoms with E-state index in [0.717, 1.165) is 14.2 Å². The van der Waals surface area contributed by atoms with E-state index >= 15 is 0 Å². The molecule has 0 amide bonds. The van der Waals surface area contributed by atoms with Crippen LogP contribution in [0.25, 0.3) is 22.1 Å². The van der Waals surface area contributed by atoms with Gasteiger partial charge < -0.3 is 19.0 Å². The van der Waals surface area contributed by atoms with Crippen molar-refractivity contribution in [2.24, 2.45) is 0 Å². The summed E-state index contributed by atoms with van der Waals surface area (Å²) in [5.74, 6) is -2.68. The topological polar surface area (TPSA) is 127 Å². The molecule has 8 nitrogen and oxygen atoms in total. The van der Waals surface area contributed by atoms with Gasteiger partial charge >= 0.3 is 17.6 Å². The number of nitrogens with zero attached hydrogens (tertiary/aromatic N) is 1. The van der Waals surface area contributed by atoms with Crippen LogP contribution in [0.1, 0.15) is 26.3 Å². The van der Waals surface area contributed by atoms with Crippen molar-refractivity contribution in [1.29, 1.82) is 5.26 Å². The molecule has 1 aromatic rings. The summed E-state index contributed by atoms with van der Waals surface area (Å²) < 4.78 is 14.5. The second-order valence-electron chi connectivity index (χ2n) is 5.21. The van der Waals surface area contributed by atoms with Crippen LogP contribution in [-0.2, 0) is 9.47 Å². The number of methoxy groups -OCH3 is 2. The second kappa shape index (κ2) is 6.22. The molecule has 2 aliphatic rings. The third-order valence-corrected chi connectivity index (χ3v) is 3.93. The Morgan fingerprint density at radius 1 is 1.08 bits per heavy atom. The van der Waals surface area contributed by atoms with Crippen molar-refractivity contribution in [3.63, 3.8) is 0 Å². The van der Waals surface area contributed by atoms with Gasteiger partial charge in [0.15, 0.2) is 11.3 Å². The molecule has 8 heteroatoms. The van der Waals surface area contributed by atoms with Crippen molar-refractivity contribution in [2.45, 2.75) is 0 Å². The maximum atomic E-state index is 12.4. The van der Waals surface area contributed by atoms with E-state index in [1.807, 2.05) is 0 Å². The van der Waals surface area contributed by atoms with Gasteiger partial charge in [0.1, 0.15) is 17.4 Å². The van der Waals surface area contributed by atoms with Crippen LogP contribution in [-0.4, -0.2) is 31.3 Å². The molecular formula is C18H11NO7. The quantitative estimate of drug-likeness (QED) is 0.694. The number of ether oxygens (including phenoxy) is 2. The van der Waals surface area contributed by atoms with Gasteiger partial charge in [0, 0.05) is 10.8 Å². The van der Waals surface area contributed by atoms with E-state index < -0.39 is 34.3 Å². The van der Waals surface area contributed by atoms with Crippen LogP contribution in [0, 0.1) is 11.3 Å². The van der Waals surface area contributed by atoms with Crippen molar-refractivity contribution >= 4 is 22.7 Å². The lowest BCUT2D eigenvalue weighted by atomic mass is 10.0. The highest BCUT2D eigenvalue weighted by Crippen LogP contribution is 2.46. The molecule has 0 unspecified atom stereocenters. The minimum atomic E-state index is -1.15. The average Bonchev–Trinajstić information content (AvgIpc) is 2.84. The molecule has 26 heavy (non-hydrogen) atoms. The number of rotatable bonds is 2. The zero-order valence-corrected chi connectivity index (χ0v) is 13.7. The zero-order valence-electron chi connectivity index (χ0n) is 13.7. The number of carbonyl (C=O) groups excluding carboxylic acids is 2. The van der Waals surface area contributed by atoms with E-state index in [1.54, 1.807) is 30.3 Å². The second-order valence-corrected chi connectivity index (χ2v) is 5.21. The summed E-state index contributed by atoms with van der Waals surface area (Å²) in [7, 11) is 2.08. The Morgan fingerprint density at radius 2 is 1.65 bits per heavy atom. The normalized spacial score (nSPS) is 10.5. The lowest BCUT2D eigenvalue weighted by Crippen LogP contribution is -2.16. The Bertz CT molecular complexity index is 1140. The maximum absolute atomic E-state index is 12.4. The van der Waals surface area contributed by atoms with Gasteiger partial charge in [0.05, 0.1) is 25.3 Å². The first-order chi connectivity index (χ1) is 12.5. The largest absolute Gasteiger partial charge is 0.507 e. The molecule has 0 aromatic heterocycles. The number of fused-ring (bicyclic) bond motifs is 3. The molecule has 1 aromatic carbocycles. The standard InChI is InChI=1S/C18H11NO7/c1-24-17(22)11-10(7-19)16(21)26-15-9-6-4-3-5-8(9)14(20)13(15)12(11)18(23)25-2/h3-6,20H,1-2H3. The highest BCUT2D eigenvalue weighted by molar-refractivity contribution is 6.15. The average molecular weight is 353 g/mol. The Morgan fingerprint density at radius 3 is 2.23 bits per heavy atom. The highest BCUT2D eigenvalue weighted by Gasteiger charge is 2.34. The van der Waals surface area contributed by atoms with Gasteiger partial charge in [-0.2, -0.15) is 5.26 Å². The molecule has 0 fully saturated rings. The summed E-state index contributed by atoms with van der Waals surface area (Å²) in [6, 6.07) is 7.94. The Kier molecular flexibility index (Phi) is 4.06. The summed E-state index contributed by atoms with van der Waals surface area (Å²) in [6.45, 7) is 0. The molecule has 1 aliphatic carbocycles. The highest BCUT2D eigenvalue weighted by atomic mass is 16.5. The van der Waals surface area contributed by atoms with Crippen molar-refractivity contribution in [3.05, 3.63) is 51.4 Å². The van der Waals surface area contributed by atoms with Gasteiger partial charge in [-0.3, -0.25) is 0 Å². The number of aromatic hydroxyl groups is 1. The van der Waals surface area contributed by atoms with Gasteiger partial charge in [0.2, 0.25) is 0 Å². The van der Waals surface area contributed by atoms with Crippen molar-refractivity contribution in [2.75, 3.05) is 14.2 Å². The third-order valence-electron chi connectivity index (χ3n) is 3.93. The summed E-state index contributed by atoms with van der Waals surface area (Å²) in [5, 5.41) is 20.6. The first-order valence-corrected chi connectivity index (χ1v) is 7.27. The fourth-order valence-corrected chi connectivity index (χ4v) is 2.81. The molecule has 0 atom stereocenters. The first kappa shape index (κ1) is 17.0. The minimum absolute atomic E-state index is 0.143. The van der Waals surface area contributed by atoms with Crippen LogP contribution in [0.5, 0.6) is 5.75 Å². The first-order valence-electron chi connectivity index (χ1n) is 7.27. The molecular weight excluding hydrogens is 342 g/mol. The van der Waals surface area contributed by atoms with Gasteiger partial charge in [-0.15, -0.1) is 0 Å². The van der Waals surface area contributed by atoms with Crippen molar-refractivity contribution < 1.29 is 28.6 Å². The summed E-state index contributed by atoms with van der Waals surface area (Å²) in [4.78, 5) is 37.1. The predicted molar refractivity (Wildman–Crippen MR) is 88.2 cm³/mol. The Hall–Kier alpha value is -3.86. The van der Waals surface area contributed by atoms with Gasteiger partial charge in [-0.25, -0.2) is 14.4 Å². The fraction of sp³-hybridized carbons (Fsp3) is 0.111. The summed E-state index contributed by atoms with van der Waals surface area (Å²) >= 11 is 0. The molecule has 0 saturated heterocycles.